The monoisotopic (exact) mass is 136 g/mol. The molecule has 0 unspecified atom stereocenters. The molecule has 10 heavy (non-hydrogen) atoms. The van der Waals surface area contributed by atoms with Crippen LogP contribution >= 0.6 is 0 Å². The SMILES string of the molecule is [NH]CCNc1ccccn1. The number of nitrogens with zero attached hydrogens (tertiary/aromatic N) is 1. The van der Waals surface area contributed by atoms with E-state index in [1.807, 2.05) is 18.2 Å². The predicted molar refractivity (Wildman–Crippen MR) is 40.7 cm³/mol. The number of pyridine rings is 1. The summed E-state index contributed by atoms with van der Waals surface area (Å²) in [6.07, 6.45) is 1.73. The lowest BCUT2D eigenvalue weighted by molar-refractivity contribution is 0.983. The molecule has 0 saturated heterocycles. The summed E-state index contributed by atoms with van der Waals surface area (Å²) in [6, 6.07) is 5.67. The Balaban J connectivity index is 2.43. The fourth-order valence-corrected chi connectivity index (χ4v) is 0.658. The molecule has 1 aromatic rings. The van der Waals surface area contributed by atoms with Crippen molar-refractivity contribution in [1.29, 1.82) is 0 Å². The highest BCUT2D eigenvalue weighted by atomic mass is 15.0. The average Bonchev–Trinajstić information content (AvgIpc) is 2.03. The zero-order chi connectivity index (χ0) is 7.23. The summed E-state index contributed by atoms with van der Waals surface area (Å²) < 4.78 is 0. The molecule has 0 fully saturated rings. The first-order valence-corrected chi connectivity index (χ1v) is 3.23. The quantitative estimate of drug-likeness (QED) is 0.667. The van der Waals surface area contributed by atoms with Gasteiger partial charge >= 0.3 is 0 Å². The maximum absolute atomic E-state index is 6.86. The topological polar surface area (TPSA) is 48.7 Å². The van der Waals surface area contributed by atoms with E-state index in [1.165, 1.54) is 0 Å². The van der Waals surface area contributed by atoms with Gasteiger partial charge in [-0.25, -0.2) is 4.98 Å². The third kappa shape index (κ3) is 2.03. The van der Waals surface area contributed by atoms with Gasteiger partial charge in [0.15, 0.2) is 0 Å². The van der Waals surface area contributed by atoms with Crippen LogP contribution < -0.4 is 11.1 Å². The minimum Gasteiger partial charge on any atom is -0.369 e. The molecule has 3 heteroatoms. The van der Waals surface area contributed by atoms with Crippen LogP contribution in [0.15, 0.2) is 24.4 Å². The second-order valence-electron chi connectivity index (χ2n) is 1.89. The summed E-state index contributed by atoms with van der Waals surface area (Å²) >= 11 is 0. The van der Waals surface area contributed by atoms with Crippen molar-refractivity contribution in [2.75, 3.05) is 18.4 Å². The van der Waals surface area contributed by atoms with Crippen LogP contribution in [0.1, 0.15) is 0 Å². The van der Waals surface area contributed by atoms with Crippen LogP contribution in [0.25, 0.3) is 0 Å². The van der Waals surface area contributed by atoms with Gasteiger partial charge in [-0.1, -0.05) is 6.07 Å². The predicted octanol–water partition coefficient (Wildman–Crippen LogP) is 0.776. The molecule has 0 spiro atoms. The van der Waals surface area contributed by atoms with Crippen molar-refractivity contribution < 1.29 is 0 Å². The van der Waals surface area contributed by atoms with Gasteiger partial charge in [-0.15, -0.1) is 0 Å². The number of hydrogen-bond donors (Lipinski definition) is 1. The summed E-state index contributed by atoms with van der Waals surface area (Å²) in [4.78, 5) is 4.02. The first kappa shape index (κ1) is 7.02. The van der Waals surface area contributed by atoms with Gasteiger partial charge in [0.2, 0.25) is 0 Å². The molecule has 1 rings (SSSR count). The van der Waals surface area contributed by atoms with E-state index in [-0.39, 0.29) is 0 Å². The Morgan fingerprint density at radius 2 is 2.40 bits per heavy atom. The van der Waals surface area contributed by atoms with Crippen LogP contribution in [0.4, 0.5) is 5.82 Å². The molecule has 53 valence electrons. The van der Waals surface area contributed by atoms with E-state index >= 15 is 0 Å². The molecule has 2 N–H and O–H groups in total. The van der Waals surface area contributed by atoms with Crippen LogP contribution in [-0.4, -0.2) is 18.1 Å². The lowest BCUT2D eigenvalue weighted by Gasteiger charge is -2.00. The number of hydrogen-bond acceptors (Lipinski definition) is 2. The summed E-state index contributed by atoms with van der Waals surface area (Å²) in [5.74, 6) is 0.842. The lowest BCUT2D eigenvalue weighted by Crippen LogP contribution is -2.07. The summed E-state index contributed by atoms with van der Waals surface area (Å²) in [5.41, 5.74) is 6.86. The van der Waals surface area contributed by atoms with Gasteiger partial charge in [-0.3, -0.25) is 5.73 Å². The molecular weight excluding hydrogens is 126 g/mol. The van der Waals surface area contributed by atoms with Gasteiger partial charge in [-0.05, 0) is 12.1 Å². The zero-order valence-corrected chi connectivity index (χ0v) is 5.67. The number of nitrogens with one attached hydrogen (secondary N) is 2. The molecule has 0 aliphatic rings. The van der Waals surface area contributed by atoms with Crippen molar-refractivity contribution in [3.63, 3.8) is 0 Å². The third-order valence-corrected chi connectivity index (χ3v) is 1.10. The first-order valence-electron chi connectivity index (χ1n) is 3.23. The van der Waals surface area contributed by atoms with E-state index in [1.54, 1.807) is 6.20 Å². The molecule has 0 aliphatic carbocycles. The highest BCUT2D eigenvalue weighted by molar-refractivity contribution is 5.32. The Morgan fingerprint density at radius 3 is 3.00 bits per heavy atom. The zero-order valence-electron chi connectivity index (χ0n) is 5.67. The summed E-state index contributed by atoms with van der Waals surface area (Å²) in [6.45, 7) is 1.05. The maximum Gasteiger partial charge on any atom is 0.125 e. The van der Waals surface area contributed by atoms with E-state index in [0.717, 1.165) is 5.82 Å². The van der Waals surface area contributed by atoms with Gasteiger partial charge in [-0.2, -0.15) is 0 Å². The summed E-state index contributed by atoms with van der Waals surface area (Å²) in [5, 5.41) is 3.00. The molecule has 1 aromatic heterocycles. The first-order chi connectivity index (χ1) is 4.93. The number of anilines is 1. The molecule has 0 aromatic carbocycles. The van der Waals surface area contributed by atoms with E-state index in [2.05, 4.69) is 10.3 Å². The highest BCUT2D eigenvalue weighted by Gasteiger charge is 1.86. The third-order valence-electron chi connectivity index (χ3n) is 1.10. The minimum atomic E-state index is 0.385. The fourth-order valence-electron chi connectivity index (χ4n) is 0.658. The van der Waals surface area contributed by atoms with E-state index in [0.29, 0.717) is 13.1 Å². The second-order valence-corrected chi connectivity index (χ2v) is 1.89. The van der Waals surface area contributed by atoms with Gasteiger partial charge < -0.3 is 5.32 Å². The van der Waals surface area contributed by atoms with Crippen LogP contribution in [0.2, 0.25) is 0 Å². The van der Waals surface area contributed by atoms with Crippen LogP contribution in [-0.2, 0) is 0 Å². The second kappa shape index (κ2) is 3.85. The standard InChI is InChI=1S/C7H10N3/c8-4-6-10-7-3-1-2-5-9-7/h1-3,5,8H,4,6H2,(H,9,10). The molecule has 3 nitrogen and oxygen atoms in total. The van der Waals surface area contributed by atoms with Crippen molar-refractivity contribution in [3.8, 4) is 0 Å². The van der Waals surface area contributed by atoms with Crippen molar-refractivity contribution in [2.24, 2.45) is 0 Å². The minimum absolute atomic E-state index is 0.385. The van der Waals surface area contributed by atoms with Gasteiger partial charge in [0, 0.05) is 19.3 Å². The summed E-state index contributed by atoms with van der Waals surface area (Å²) in [7, 11) is 0. The van der Waals surface area contributed by atoms with Gasteiger partial charge in [0.1, 0.15) is 5.82 Å². The van der Waals surface area contributed by atoms with E-state index < -0.39 is 0 Å². The van der Waals surface area contributed by atoms with Gasteiger partial charge in [0.25, 0.3) is 0 Å². The molecular formula is C7H10N3. The average molecular weight is 136 g/mol. The van der Waals surface area contributed by atoms with Crippen LogP contribution in [0.3, 0.4) is 0 Å². The molecule has 1 radical (unpaired) electrons. The van der Waals surface area contributed by atoms with Crippen molar-refractivity contribution >= 4 is 5.82 Å². The van der Waals surface area contributed by atoms with Crippen LogP contribution in [0, 0.1) is 0 Å². The number of aromatic nitrogens is 1. The maximum atomic E-state index is 6.86. The normalized spacial score (nSPS) is 9.30. The fraction of sp³-hybridized carbons (Fsp3) is 0.286. The highest BCUT2D eigenvalue weighted by Crippen LogP contribution is 1.97. The smallest absolute Gasteiger partial charge is 0.125 e. The van der Waals surface area contributed by atoms with E-state index in [9.17, 15) is 0 Å². The van der Waals surface area contributed by atoms with Gasteiger partial charge in [0.05, 0.1) is 0 Å². The molecule has 0 aliphatic heterocycles. The molecule has 0 saturated carbocycles. The lowest BCUT2D eigenvalue weighted by atomic mass is 10.4. The Bertz CT molecular complexity index is 173. The van der Waals surface area contributed by atoms with Crippen molar-refractivity contribution in [2.45, 2.75) is 0 Å². The van der Waals surface area contributed by atoms with Crippen molar-refractivity contribution in [3.05, 3.63) is 24.4 Å². The molecule has 0 amide bonds. The largest absolute Gasteiger partial charge is 0.369 e. The Morgan fingerprint density at radius 1 is 1.50 bits per heavy atom. The Kier molecular flexibility index (Phi) is 2.70. The Hall–Kier alpha value is -1.09. The van der Waals surface area contributed by atoms with Crippen molar-refractivity contribution in [1.82, 2.24) is 10.7 Å². The molecule has 0 atom stereocenters. The van der Waals surface area contributed by atoms with Crippen LogP contribution in [0.5, 0.6) is 0 Å². The molecule has 1 heterocycles. The number of rotatable bonds is 3. The molecule has 0 bridgehead atoms. The Labute approximate surface area is 60.3 Å². The van der Waals surface area contributed by atoms with E-state index in [4.69, 9.17) is 5.73 Å².